The molecule has 3 fully saturated rings. The summed E-state index contributed by atoms with van der Waals surface area (Å²) >= 11 is 0. The first-order chi connectivity index (χ1) is 30.8. The molecule has 1 amide bonds. The number of unbranched alkanes of at least 4 members (excludes halogenated alkanes) is 4. The third-order valence-corrected chi connectivity index (χ3v) is 11.1. The third-order valence-electron chi connectivity index (χ3n) is 11.1. The van der Waals surface area contributed by atoms with Gasteiger partial charge in [0.05, 0.1) is 38.6 Å². The predicted molar refractivity (Wildman–Crippen MR) is 231 cm³/mol. The number of rotatable bonds is 28. The van der Waals surface area contributed by atoms with Crippen molar-refractivity contribution in [2.24, 2.45) is 0 Å². The zero-order chi connectivity index (χ0) is 47.0. The van der Waals surface area contributed by atoms with E-state index >= 15 is 0 Å². The van der Waals surface area contributed by atoms with Crippen LogP contribution in [0.15, 0.2) is 60.8 Å². The van der Waals surface area contributed by atoms with Gasteiger partial charge < -0.3 is 89.9 Å². The molecule has 0 aromatic heterocycles. The van der Waals surface area contributed by atoms with E-state index in [0.717, 1.165) is 51.4 Å². The first-order valence-electron chi connectivity index (χ1n) is 22.5. The van der Waals surface area contributed by atoms with Gasteiger partial charge in [0.2, 0.25) is 5.91 Å². The maximum atomic E-state index is 13.0. The molecular weight excluding hydrogens is 842 g/mol. The average Bonchev–Trinajstić information content (AvgIpc) is 3.29. The zero-order valence-corrected chi connectivity index (χ0v) is 37.0. The van der Waals surface area contributed by atoms with Crippen molar-refractivity contribution >= 4 is 5.91 Å². The predicted octanol–water partition coefficient (Wildman–Crippen LogP) is -0.591. The van der Waals surface area contributed by atoms with Gasteiger partial charge in [0.1, 0.15) is 73.2 Å². The van der Waals surface area contributed by atoms with Crippen molar-refractivity contribution in [1.29, 1.82) is 0 Å². The molecule has 3 saturated heterocycles. The second-order valence-corrected chi connectivity index (χ2v) is 16.1. The Morgan fingerprint density at radius 2 is 1.06 bits per heavy atom. The van der Waals surface area contributed by atoms with Crippen LogP contribution in [-0.2, 0) is 33.2 Å². The van der Waals surface area contributed by atoms with E-state index in [1.165, 1.54) is 0 Å². The van der Waals surface area contributed by atoms with Gasteiger partial charge in [-0.05, 0) is 51.4 Å². The summed E-state index contributed by atoms with van der Waals surface area (Å²) in [5.74, 6) is -0.332. The number of allylic oxidation sites excluding steroid dienone is 9. The number of carbonyl (C=O) groups is 1. The molecule has 3 rings (SSSR count). The lowest BCUT2D eigenvalue weighted by Gasteiger charge is -2.48. The Morgan fingerprint density at radius 3 is 1.61 bits per heavy atom. The molecule has 3 aliphatic rings. The summed E-state index contributed by atoms with van der Waals surface area (Å²) in [7, 11) is 0. The van der Waals surface area contributed by atoms with Gasteiger partial charge in [0.25, 0.3) is 0 Å². The van der Waals surface area contributed by atoms with Gasteiger partial charge >= 0.3 is 0 Å². The van der Waals surface area contributed by atoms with Crippen LogP contribution in [0.4, 0.5) is 0 Å². The molecule has 0 radical (unpaired) electrons. The Balaban J connectivity index is 1.55. The summed E-state index contributed by atoms with van der Waals surface area (Å²) in [6, 6.07) is -0.991. The first-order valence-corrected chi connectivity index (χ1v) is 22.5. The van der Waals surface area contributed by atoms with Crippen LogP contribution in [0.25, 0.3) is 0 Å². The fourth-order valence-corrected chi connectivity index (χ4v) is 7.22. The van der Waals surface area contributed by atoms with Crippen molar-refractivity contribution < 1.29 is 89.4 Å². The molecule has 0 bridgehead atoms. The highest BCUT2D eigenvalue weighted by Crippen LogP contribution is 2.32. The van der Waals surface area contributed by atoms with Crippen molar-refractivity contribution in [3.63, 3.8) is 0 Å². The lowest BCUT2D eigenvalue weighted by Crippen LogP contribution is -2.66. The number of ether oxygens (including phenoxy) is 6. The number of carbonyl (C=O) groups excluding carboxylic acids is 1. The molecule has 0 spiro atoms. The second kappa shape index (κ2) is 30.7. The minimum atomic E-state index is -1.98. The molecule has 0 saturated carbocycles. The molecule has 19 nitrogen and oxygen atoms in total. The van der Waals surface area contributed by atoms with Crippen molar-refractivity contribution in [2.45, 2.75) is 189 Å². The van der Waals surface area contributed by atoms with Crippen LogP contribution < -0.4 is 5.32 Å². The lowest BCUT2D eigenvalue weighted by molar-refractivity contribution is -0.379. The van der Waals surface area contributed by atoms with Crippen LogP contribution in [0.1, 0.15) is 84.5 Å². The van der Waals surface area contributed by atoms with Crippen LogP contribution >= 0.6 is 0 Å². The van der Waals surface area contributed by atoms with Crippen molar-refractivity contribution in [3.8, 4) is 0 Å². The molecule has 19 heteroatoms. The molecule has 0 aromatic carbocycles. The molecule has 368 valence electrons. The summed E-state index contributed by atoms with van der Waals surface area (Å²) in [5, 5.41) is 119. The van der Waals surface area contributed by atoms with Gasteiger partial charge in [-0.2, -0.15) is 0 Å². The van der Waals surface area contributed by atoms with E-state index in [0.29, 0.717) is 12.8 Å². The molecule has 0 aliphatic carbocycles. The third kappa shape index (κ3) is 17.6. The van der Waals surface area contributed by atoms with Crippen LogP contribution in [0, 0.1) is 0 Å². The van der Waals surface area contributed by atoms with E-state index in [4.69, 9.17) is 28.4 Å². The van der Waals surface area contributed by atoms with Gasteiger partial charge in [-0.3, -0.25) is 4.79 Å². The quantitative estimate of drug-likeness (QED) is 0.0345. The fraction of sp³-hybridized carbons (Fsp3) is 0.756. The molecule has 17 unspecified atom stereocenters. The van der Waals surface area contributed by atoms with Crippen molar-refractivity contribution in [1.82, 2.24) is 5.32 Å². The SMILES string of the molecule is CC/C=C\C/C=C\C/C=C\C/C=C\CCCCC(=O)NC(COC1OC(CO)C(OC2OC(CO)C(OC3OC(CO)C(O)C(O)C3O)C(O)C2O)C(O)C1O)C(O)/C=C/CCCC. The number of nitrogens with one attached hydrogen (secondary N) is 1. The Hall–Kier alpha value is -2.51. The maximum Gasteiger partial charge on any atom is 0.220 e. The van der Waals surface area contributed by atoms with Gasteiger partial charge in [0.15, 0.2) is 18.9 Å². The Bertz CT molecular complexity index is 1430. The van der Waals surface area contributed by atoms with Crippen molar-refractivity contribution in [2.75, 3.05) is 26.4 Å². The fourth-order valence-electron chi connectivity index (χ4n) is 7.22. The largest absolute Gasteiger partial charge is 0.394 e. The second-order valence-electron chi connectivity index (χ2n) is 16.1. The van der Waals surface area contributed by atoms with Crippen molar-refractivity contribution in [3.05, 3.63) is 60.8 Å². The van der Waals surface area contributed by atoms with Crippen LogP contribution in [0.5, 0.6) is 0 Å². The van der Waals surface area contributed by atoms with Crippen LogP contribution in [-0.4, -0.2) is 193 Å². The lowest BCUT2D eigenvalue weighted by atomic mass is 9.96. The number of hydrogen-bond donors (Lipinski definition) is 12. The Kier molecular flexibility index (Phi) is 26.8. The van der Waals surface area contributed by atoms with Gasteiger partial charge in [-0.1, -0.05) is 87.4 Å². The molecule has 3 aliphatic heterocycles. The highest BCUT2D eigenvalue weighted by atomic mass is 16.8. The first kappa shape index (κ1) is 55.8. The number of hydrogen-bond acceptors (Lipinski definition) is 18. The molecule has 17 atom stereocenters. The highest BCUT2D eigenvalue weighted by molar-refractivity contribution is 5.76. The van der Waals surface area contributed by atoms with Gasteiger partial charge in [0, 0.05) is 6.42 Å². The normalized spacial score (nSPS) is 35.0. The Morgan fingerprint density at radius 1 is 0.578 bits per heavy atom. The van der Waals surface area contributed by atoms with E-state index in [9.17, 15) is 61.0 Å². The minimum Gasteiger partial charge on any atom is -0.394 e. The summed E-state index contributed by atoms with van der Waals surface area (Å²) in [6.45, 7) is 1.32. The molecule has 0 aromatic rings. The topological polar surface area (TPSA) is 307 Å². The molecular formula is C45H75NO18. The number of amides is 1. The molecule has 64 heavy (non-hydrogen) atoms. The van der Waals surface area contributed by atoms with E-state index in [2.05, 4.69) is 60.8 Å². The molecule has 3 heterocycles. The van der Waals surface area contributed by atoms with E-state index in [1.54, 1.807) is 12.2 Å². The summed E-state index contributed by atoms with van der Waals surface area (Å²) in [4.78, 5) is 13.0. The smallest absolute Gasteiger partial charge is 0.220 e. The highest BCUT2D eigenvalue weighted by Gasteiger charge is 2.53. The van der Waals surface area contributed by atoms with Crippen LogP contribution in [0.3, 0.4) is 0 Å². The van der Waals surface area contributed by atoms with E-state index in [1.807, 2.05) is 6.92 Å². The maximum absolute atomic E-state index is 13.0. The van der Waals surface area contributed by atoms with Crippen LogP contribution in [0.2, 0.25) is 0 Å². The minimum absolute atomic E-state index is 0.185. The summed E-state index contributed by atoms with van der Waals surface area (Å²) < 4.78 is 33.8. The summed E-state index contributed by atoms with van der Waals surface area (Å²) in [6.07, 6.45) is 1.96. The monoisotopic (exact) mass is 917 g/mol. The zero-order valence-electron chi connectivity index (χ0n) is 37.0. The standard InChI is InChI=1S/C45H75NO18/c1-3-5-7-9-10-11-12-13-14-15-16-17-18-19-21-23-33(51)46-28(29(50)22-20-8-6-4-2)27-59-43-39(57)36(54)41(31(25-48)61-43)64-45-40(58)37(55)42(32(26-49)62-45)63-44-38(56)35(53)34(52)30(24-47)60-44/h5,7,10-11,13-14,16-17,20,22,28-32,34-45,47-50,52-58H,3-4,6,8-9,12,15,18-19,21,23-27H2,1-2H3,(H,46,51)/b7-5-,11-10-,14-13-,17-16-,22-20+. The summed E-state index contributed by atoms with van der Waals surface area (Å²) in [5.41, 5.74) is 0. The number of aliphatic hydroxyl groups is 11. The van der Waals surface area contributed by atoms with E-state index in [-0.39, 0.29) is 18.9 Å². The van der Waals surface area contributed by atoms with E-state index < -0.39 is 124 Å². The molecule has 12 N–H and O–H groups in total. The Labute approximate surface area is 375 Å². The average molecular weight is 918 g/mol. The van der Waals surface area contributed by atoms with Gasteiger partial charge in [-0.15, -0.1) is 0 Å². The number of aliphatic hydroxyl groups excluding tert-OH is 11. The van der Waals surface area contributed by atoms with Gasteiger partial charge in [-0.25, -0.2) is 0 Å².